The molecule has 0 radical (unpaired) electrons. The molecule has 0 aromatic carbocycles. The molecule has 0 aliphatic rings. The zero-order valence-corrected chi connectivity index (χ0v) is 10.2. The van der Waals surface area contributed by atoms with E-state index in [4.69, 9.17) is 15.2 Å². The molecule has 17 heavy (non-hydrogen) atoms. The van der Waals surface area contributed by atoms with Crippen molar-refractivity contribution in [2.75, 3.05) is 13.2 Å². The molecule has 0 aromatic heterocycles. The lowest BCUT2D eigenvalue weighted by Gasteiger charge is -2.12. The highest BCUT2D eigenvalue weighted by atomic mass is 17.1. The van der Waals surface area contributed by atoms with Crippen LogP contribution in [0.1, 0.15) is 33.1 Å². The van der Waals surface area contributed by atoms with E-state index in [-0.39, 0.29) is 18.5 Å². The second kappa shape index (κ2) is 9.32. The van der Waals surface area contributed by atoms with E-state index in [2.05, 4.69) is 4.84 Å². The van der Waals surface area contributed by atoms with Gasteiger partial charge < -0.3 is 9.84 Å². The Labute approximate surface area is 100 Å². The van der Waals surface area contributed by atoms with Crippen molar-refractivity contribution in [2.24, 2.45) is 5.92 Å². The van der Waals surface area contributed by atoms with Crippen molar-refractivity contribution in [1.82, 2.24) is 5.39 Å². The number of hydrogen-bond acceptors (Lipinski definition) is 7. The summed E-state index contributed by atoms with van der Waals surface area (Å²) >= 11 is 0. The second-order valence-corrected chi connectivity index (χ2v) is 4.02. The maximum absolute atomic E-state index is 11.1. The summed E-state index contributed by atoms with van der Waals surface area (Å²) in [4.78, 5) is 15.3. The number of unbranched alkanes of at least 4 members (excludes halogenated alkanes) is 1. The van der Waals surface area contributed by atoms with Gasteiger partial charge >= 0.3 is 5.97 Å². The minimum absolute atomic E-state index is 0.130. The SMILES string of the molecule is CC(C)C(=O)OCCCC[C@H](O)CON(O)O. The average molecular weight is 251 g/mol. The molecule has 3 N–H and O–H groups in total. The predicted molar refractivity (Wildman–Crippen MR) is 57.0 cm³/mol. The molecule has 0 rings (SSSR count). The van der Waals surface area contributed by atoms with Crippen molar-refractivity contribution in [3.63, 3.8) is 0 Å². The quantitative estimate of drug-likeness (QED) is 0.315. The maximum atomic E-state index is 11.1. The monoisotopic (exact) mass is 251 g/mol. The molecule has 0 heterocycles. The Balaban J connectivity index is 3.36. The van der Waals surface area contributed by atoms with Gasteiger partial charge in [-0.2, -0.15) is 0 Å². The Morgan fingerprint density at radius 3 is 2.47 bits per heavy atom. The summed E-state index contributed by atoms with van der Waals surface area (Å²) in [5, 5.41) is 25.3. The van der Waals surface area contributed by atoms with Crippen LogP contribution in [-0.4, -0.2) is 46.2 Å². The van der Waals surface area contributed by atoms with Gasteiger partial charge in [0.05, 0.1) is 30.6 Å². The lowest BCUT2D eigenvalue weighted by Crippen LogP contribution is -2.23. The van der Waals surface area contributed by atoms with Gasteiger partial charge in [-0.25, -0.2) is 4.84 Å². The molecule has 0 unspecified atom stereocenters. The Hall–Kier alpha value is -0.730. The number of esters is 1. The smallest absolute Gasteiger partial charge is 0.308 e. The minimum Gasteiger partial charge on any atom is -0.465 e. The van der Waals surface area contributed by atoms with Gasteiger partial charge in [0.15, 0.2) is 0 Å². The standard InChI is InChI=1S/C10H21NO6/c1-8(2)10(13)16-6-4-3-5-9(12)7-17-11(14)15/h8-9,12,14-15H,3-7H2,1-2H3/t9-/m0/s1. The van der Waals surface area contributed by atoms with Gasteiger partial charge in [0.1, 0.15) is 0 Å². The average Bonchev–Trinajstić information content (AvgIpc) is 2.25. The molecule has 0 aromatic rings. The third kappa shape index (κ3) is 10.2. The fraction of sp³-hybridized carbons (Fsp3) is 0.900. The number of ether oxygens (including phenoxy) is 1. The first-order chi connectivity index (χ1) is 7.93. The summed E-state index contributed by atoms with van der Waals surface area (Å²) in [6.45, 7) is 3.66. The molecule has 0 amide bonds. The van der Waals surface area contributed by atoms with Crippen molar-refractivity contribution in [3.8, 4) is 0 Å². The van der Waals surface area contributed by atoms with E-state index in [1.54, 1.807) is 13.8 Å². The minimum atomic E-state index is -0.780. The van der Waals surface area contributed by atoms with Crippen LogP contribution in [0.25, 0.3) is 0 Å². The molecule has 1 atom stereocenters. The molecule has 0 aliphatic heterocycles. The zero-order chi connectivity index (χ0) is 13.3. The van der Waals surface area contributed by atoms with Crippen LogP contribution < -0.4 is 0 Å². The number of nitrogens with zero attached hydrogens (tertiary/aromatic N) is 1. The van der Waals surface area contributed by atoms with Gasteiger partial charge in [0.25, 0.3) is 0 Å². The van der Waals surface area contributed by atoms with Crippen LogP contribution in [0.3, 0.4) is 0 Å². The van der Waals surface area contributed by atoms with Gasteiger partial charge in [-0.05, 0) is 19.3 Å². The van der Waals surface area contributed by atoms with Gasteiger partial charge in [-0.15, -0.1) is 0 Å². The van der Waals surface area contributed by atoms with Gasteiger partial charge in [-0.3, -0.25) is 15.2 Å². The highest BCUT2D eigenvalue weighted by Gasteiger charge is 2.09. The van der Waals surface area contributed by atoms with Crippen molar-refractivity contribution < 1.29 is 29.9 Å². The first-order valence-corrected chi connectivity index (χ1v) is 5.59. The van der Waals surface area contributed by atoms with Crippen molar-refractivity contribution in [1.29, 1.82) is 0 Å². The molecular formula is C10H21NO6. The van der Waals surface area contributed by atoms with Crippen LogP contribution in [0, 0.1) is 5.92 Å². The first-order valence-electron chi connectivity index (χ1n) is 5.59. The van der Waals surface area contributed by atoms with Gasteiger partial charge in [0, 0.05) is 0 Å². The fourth-order valence-corrected chi connectivity index (χ4v) is 1.06. The fourth-order valence-electron chi connectivity index (χ4n) is 1.06. The van der Waals surface area contributed by atoms with Gasteiger partial charge in [0.2, 0.25) is 0 Å². The number of aliphatic hydroxyl groups excluding tert-OH is 1. The molecule has 102 valence electrons. The van der Waals surface area contributed by atoms with E-state index >= 15 is 0 Å². The molecule has 0 saturated heterocycles. The number of hydrogen-bond donors (Lipinski definition) is 3. The van der Waals surface area contributed by atoms with Crippen LogP contribution >= 0.6 is 0 Å². The van der Waals surface area contributed by atoms with E-state index in [9.17, 15) is 9.90 Å². The molecule has 0 spiro atoms. The number of aliphatic hydroxyl groups is 1. The molecular weight excluding hydrogens is 230 g/mol. The van der Waals surface area contributed by atoms with Crippen LogP contribution in [0.4, 0.5) is 0 Å². The van der Waals surface area contributed by atoms with E-state index in [1.807, 2.05) is 0 Å². The van der Waals surface area contributed by atoms with E-state index in [0.29, 0.717) is 25.9 Å². The summed E-state index contributed by atoms with van der Waals surface area (Å²) in [5.41, 5.74) is 0. The van der Waals surface area contributed by atoms with Crippen molar-refractivity contribution >= 4 is 5.97 Å². The van der Waals surface area contributed by atoms with E-state index in [0.717, 1.165) is 0 Å². The Morgan fingerprint density at radius 1 is 1.29 bits per heavy atom. The number of carbonyl (C=O) groups excluding carboxylic acids is 1. The first kappa shape index (κ1) is 16.3. The van der Waals surface area contributed by atoms with Gasteiger partial charge in [-0.1, -0.05) is 13.8 Å². The lowest BCUT2D eigenvalue weighted by atomic mass is 10.2. The number of rotatable bonds is 9. The molecule has 0 aliphatic carbocycles. The van der Waals surface area contributed by atoms with Crippen molar-refractivity contribution in [3.05, 3.63) is 0 Å². The zero-order valence-electron chi connectivity index (χ0n) is 10.2. The third-order valence-corrected chi connectivity index (χ3v) is 2.03. The Morgan fingerprint density at radius 2 is 1.94 bits per heavy atom. The Bertz CT molecular complexity index is 209. The van der Waals surface area contributed by atoms with E-state index < -0.39 is 11.5 Å². The number of carbonyl (C=O) groups is 1. The summed E-state index contributed by atoms with van der Waals surface area (Å²) in [6, 6.07) is 0. The molecule has 7 heteroatoms. The predicted octanol–water partition coefficient (Wildman–Crippen LogP) is 0.729. The second-order valence-electron chi connectivity index (χ2n) is 4.02. The maximum Gasteiger partial charge on any atom is 0.308 e. The summed E-state index contributed by atoms with van der Waals surface area (Å²) in [5.74, 6) is -0.362. The van der Waals surface area contributed by atoms with Crippen molar-refractivity contribution in [2.45, 2.75) is 39.2 Å². The topological polar surface area (TPSA) is 99.5 Å². The molecule has 0 fully saturated rings. The Kier molecular flexibility index (Phi) is 8.92. The summed E-state index contributed by atoms with van der Waals surface area (Å²) in [7, 11) is 0. The van der Waals surface area contributed by atoms with Crippen LogP contribution in [0.5, 0.6) is 0 Å². The van der Waals surface area contributed by atoms with Crippen LogP contribution in [0.2, 0.25) is 0 Å². The highest BCUT2D eigenvalue weighted by molar-refractivity contribution is 5.71. The van der Waals surface area contributed by atoms with Crippen LogP contribution in [-0.2, 0) is 14.4 Å². The molecule has 7 nitrogen and oxygen atoms in total. The highest BCUT2D eigenvalue weighted by Crippen LogP contribution is 2.03. The largest absolute Gasteiger partial charge is 0.465 e. The summed E-state index contributed by atoms with van der Waals surface area (Å²) in [6.07, 6.45) is 0.967. The van der Waals surface area contributed by atoms with Crippen LogP contribution in [0.15, 0.2) is 0 Å². The molecule has 0 saturated carbocycles. The molecule has 0 bridgehead atoms. The lowest BCUT2D eigenvalue weighted by molar-refractivity contribution is -0.495. The van der Waals surface area contributed by atoms with E-state index in [1.165, 1.54) is 0 Å². The summed E-state index contributed by atoms with van der Waals surface area (Å²) < 4.78 is 4.94. The normalized spacial score (nSPS) is 13.1. The third-order valence-electron chi connectivity index (χ3n) is 2.03.